The zero-order valence-corrected chi connectivity index (χ0v) is 21.9. The number of Topliss-reactive ketones (excluding diaryl/α,β-unsaturated/α-hetero) is 1. The number of nitrogens with zero attached hydrogens (tertiary/aromatic N) is 2. The highest BCUT2D eigenvalue weighted by molar-refractivity contribution is 7.99. The van der Waals surface area contributed by atoms with Gasteiger partial charge in [0.05, 0.1) is 22.7 Å². The molecule has 0 N–H and O–H groups in total. The van der Waals surface area contributed by atoms with E-state index < -0.39 is 0 Å². The van der Waals surface area contributed by atoms with Crippen LogP contribution in [-0.2, 0) is 11.8 Å². The van der Waals surface area contributed by atoms with Crippen molar-refractivity contribution >= 4 is 17.5 Å². The summed E-state index contributed by atoms with van der Waals surface area (Å²) in [6, 6.07) is 25.7. The first-order chi connectivity index (χ1) is 18.1. The first kappa shape index (κ1) is 23.9. The Morgan fingerprint density at radius 1 is 0.946 bits per heavy atom. The van der Waals surface area contributed by atoms with Crippen LogP contribution in [0.1, 0.15) is 59.2 Å². The van der Waals surface area contributed by atoms with Gasteiger partial charge in [-0.2, -0.15) is 0 Å². The fraction of sp³-hybridized carbons (Fsp3) is 0.281. The van der Waals surface area contributed by atoms with Crippen molar-refractivity contribution < 1.29 is 4.79 Å². The van der Waals surface area contributed by atoms with Gasteiger partial charge in [0.25, 0.3) is 5.56 Å². The maximum atomic E-state index is 14.6. The minimum Gasteiger partial charge on any atom is -0.293 e. The lowest BCUT2D eigenvalue weighted by Crippen LogP contribution is -2.43. The zero-order valence-electron chi connectivity index (χ0n) is 21.1. The molecule has 0 aliphatic heterocycles. The number of aromatic nitrogens is 2. The number of benzene rings is 3. The summed E-state index contributed by atoms with van der Waals surface area (Å²) in [5, 5.41) is 0.571. The number of aryl methyl sites for hydroxylation is 1. The SMILES string of the molecule is Cc1cccc(-n2c(SCC(=O)c3ccccc3)nc3c(c2=O)C2(CCCCC2)Cc2ccccc2-3)c1. The molecule has 2 aliphatic rings. The molecular formula is C32H30N2O2S. The summed E-state index contributed by atoms with van der Waals surface area (Å²) >= 11 is 1.35. The standard InChI is InChI=1S/C32H30N2O2S/c1-22-11-10-15-25(19-22)34-30(36)28-29(33-31(34)37-21-27(35)23-12-4-2-5-13-23)26-16-7-6-14-24(26)20-32(28)17-8-3-9-18-32/h2,4-7,10-16,19H,3,8-9,17-18,20-21H2,1H3. The first-order valence-electron chi connectivity index (χ1n) is 13.1. The molecule has 6 rings (SSSR count). The molecule has 0 unspecified atom stereocenters. The third-order valence-corrected chi connectivity index (χ3v) is 8.82. The first-order valence-corrected chi connectivity index (χ1v) is 14.1. The number of ketones is 1. The molecule has 1 fully saturated rings. The summed E-state index contributed by atoms with van der Waals surface area (Å²) in [6.45, 7) is 2.03. The Kier molecular flexibility index (Phi) is 6.33. The number of rotatable bonds is 5. The van der Waals surface area contributed by atoms with Gasteiger partial charge in [-0.05, 0) is 49.4 Å². The van der Waals surface area contributed by atoms with Gasteiger partial charge >= 0.3 is 0 Å². The van der Waals surface area contributed by atoms with E-state index in [4.69, 9.17) is 4.98 Å². The van der Waals surface area contributed by atoms with Crippen molar-refractivity contribution in [3.05, 3.63) is 111 Å². The summed E-state index contributed by atoms with van der Waals surface area (Å²) < 4.78 is 1.76. The number of hydrogen-bond donors (Lipinski definition) is 0. The predicted octanol–water partition coefficient (Wildman–Crippen LogP) is 6.94. The summed E-state index contributed by atoms with van der Waals surface area (Å²) in [7, 11) is 0. The highest BCUT2D eigenvalue weighted by Gasteiger charge is 2.43. The smallest absolute Gasteiger partial charge is 0.263 e. The fourth-order valence-electron chi connectivity index (χ4n) is 6.12. The summed E-state index contributed by atoms with van der Waals surface area (Å²) in [5.41, 5.74) is 6.40. The number of carbonyl (C=O) groups is 1. The van der Waals surface area contributed by atoms with E-state index in [0.717, 1.165) is 60.2 Å². The van der Waals surface area contributed by atoms with Gasteiger partial charge in [-0.25, -0.2) is 4.98 Å². The normalized spacial score (nSPS) is 15.7. The average molecular weight is 507 g/mol. The number of carbonyl (C=O) groups excluding carboxylic acids is 1. The second-order valence-corrected chi connectivity index (χ2v) is 11.3. The van der Waals surface area contributed by atoms with Gasteiger partial charge in [-0.15, -0.1) is 0 Å². The monoisotopic (exact) mass is 506 g/mol. The number of hydrogen-bond acceptors (Lipinski definition) is 4. The van der Waals surface area contributed by atoms with Crippen LogP contribution in [0.25, 0.3) is 16.9 Å². The van der Waals surface area contributed by atoms with Crippen LogP contribution in [-0.4, -0.2) is 21.1 Å². The molecule has 4 nitrogen and oxygen atoms in total. The van der Waals surface area contributed by atoms with Crippen molar-refractivity contribution in [3.8, 4) is 16.9 Å². The third kappa shape index (κ3) is 4.36. The van der Waals surface area contributed by atoms with Gasteiger partial charge in [-0.3, -0.25) is 14.2 Å². The molecule has 2 aliphatic carbocycles. The van der Waals surface area contributed by atoms with Crippen molar-refractivity contribution in [2.75, 3.05) is 5.75 Å². The molecule has 0 amide bonds. The van der Waals surface area contributed by atoms with E-state index >= 15 is 0 Å². The molecule has 0 atom stereocenters. The lowest BCUT2D eigenvalue weighted by atomic mass is 9.62. The average Bonchev–Trinajstić information content (AvgIpc) is 2.92. The molecule has 5 heteroatoms. The van der Waals surface area contributed by atoms with Gasteiger partial charge in [0.15, 0.2) is 10.9 Å². The fourth-order valence-corrected chi connectivity index (χ4v) is 7.02. The third-order valence-electron chi connectivity index (χ3n) is 7.88. The summed E-state index contributed by atoms with van der Waals surface area (Å²) in [6.07, 6.45) is 6.39. The summed E-state index contributed by atoms with van der Waals surface area (Å²) in [4.78, 5) is 32.8. The van der Waals surface area contributed by atoms with Gasteiger partial charge < -0.3 is 0 Å². The van der Waals surface area contributed by atoms with Crippen molar-refractivity contribution in [2.24, 2.45) is 0 Å². The van der Waals surface area contributed by atoms with Crippen LogP contribution < -0.4 is 5.56 Å². The van der Waals surface area contributed by atoms with E-state index in [-0.39, 0.29) is 22.5 Å². The molecule has 4 aromatic rings. The van der Waals surface area contributed by atoms with E-state index in [2.05, 4.69) is 18.2 Å². The maximum absolute atomic E-state index is 14.6. The van der Waals surface area contributed by atoms with Crippen LogP contribution in [0.4, 0.5) is 0 Å². The van der Waals surface area contributed by atoms with Crippen molar-refractivity contribution in [1.29, 1.82) is 0 Å². The molecular weight excluding hydrogens is 476 g/mol. The summed E-state index contributed by atoms with van der Waals surface area (Å²) in [5.74, 6) is 0.242. The van der Waals surface area contributed by atoms with Crippen molar-refractivity contribution in [2.45, 2.75) is 56.0 Å². The Labute approximate surface area is 221 Å². The minimum atomic E-state index is -0.180. The Bertz CT molecular complexity index is 1530. The molecule has 1 aromatic heterocycles. The van der Waals surface area contributed by atoms with Crippen molar-refractivity contribution in [1.82, 2.24) is 9.55 Å². The minimum absolute atomic E-state index is 0.0154. The number of thioether (sulfide) groups is 1. The Balaban J connectivity index is 1.55. The van der Waals surface area contributed by atoms with E-state index in [1.54, 1.807) is 4.57 Å². The Morgan fingerprint density at radius 3 is 2.49 bits per heavy atom. The molecule has 0 bridgehead atoms. The Hall–Kier alpha value is -3.44. The highest BCUT2D eigenvalue weighted by Crippen LogP contribution is 2.49. The van der Waals surface area contributed by atoms with Crippen LogP contribution in [0.2, 0.25) is 0 Å². The highest BCUT2D eigenvalue weighted by atomic mass is 32.2. The quantitative estimate of drug-likeness (QED) is 0.167. The van der Waals surface area contributed by atoms with Crippen LogP contribution in [0.15, 0.2) is 88.8 Å². The topological polar surface area (TPSA) is 52.0 Å². The second-order valence-electron chi connectivity index (χ2n) is 10.4. The number of fused-ring (bicyclic) bond motifs is 4. The van der Waals surface area contributed by atoms with E-state index in [1.807, 2.05) is 67.6 Å². The molecule has 1 saturated carbocycles. The van der Waals surface area contributed by atoms with Gasteiger partial charge in [0.2, 0.25) is 0 Å². The van der Waals surface area contributed by atoms with Gasteiger partial charge in [0, 0.05) is 16.5 Å². The van der Waals surface area contributed by atoms with Crippen molar-refractivity contribution in [3.63, 3.8) is 0 Å². The lowest BCUT2D eigenvalue weighted by molar-refractivity contribution is 0.102. The predicted molar refractivity (Wildman–Crippen MR) is 150 cm³/mol. The molecule has 1 heterocycles. The lowest BCUT2D eigenvalue weighted by Gasteiger charge is -2.42. The molecule has 3 aromatic carbocycles. The van der Waals surface area contributed by atoms with E-state index in [0.29, 0.717) is 10.7 Å². The largest absolute Gasteiger partial charge is 0.293 e. The van der Waals surface area contributed by atoms with Crippen LogP contribution in [0, 0.1) is 6.92 Å². The molecule has 0 radical (unpaired) electrons. The maximum Gasteiger partial charge on any atom is 0.263 e. The second kappa shape index (κ2) is 9.79. The Morgan fingerprint density at radius 2 is 1.70 bits per heavy atom. The van der Waals surface area contributed by atoms with Crippen LogP contribution >= 0.6 is 11.8 Å². The van der Waals surface area contributed by atoms with Gasteiger partial charge in [0.1, 0.15) is 0 Å². The molecule has 0 saturated heterocycles. The van der Waals surface area contributed by atoms with Crippen LogP contribution in [0.5, 0.6) is 0 Å². The molecule has 37 heavy (non-hydrogen) atoms. The van der Waals surface area contributed by atoms with Crippen LogP contribution in [0.3, 0.4) is 0 Å². The molecule has 186 valence electrons. The molecule has 1 spiro atoms. The van der Waals surface area contributed by atoms with E-state index in [9.17, 15) is 9.59 Å². The van der Waals surface area contributed by atoms with E-state index in [1.165, 1.54) is 23.7 Å². The van der Waals surface area contributed by atoms with Gasteiger partial charge in [-0.1, -0.05) is 97.8 Å². The zero-order chi connectivity index (χ0) is 25.4.